The topological polar surface area (TPSA) is 80.9 Å². The molecule has 4 heteroatoms. The number of hydrogen-bond acceptors (Lipinski definition) is 4. The van der Waals surface area contributed by atoms with Gasteiger partial charge in [0.25, 0.3) is 0 Å². The van der Waals surface area contributed by atoms with Crippen LogP contribution in [0, 0.1) is 0 Å². The molecule has 5 aromatic rings. The largest absolute Gasteiger partial charge is 0.508 e. The lowest BCUT2D eigenvalue weighted by molar-refractivity contribution is 0.451. The molecule has 0 spiro atoms. The first-order valence-electron chi connectivity index (χ1n) is 18.4. The second-order valence-corrected chi connectivity index (χ2v) is 18.6. The molecule has 0 bridgehead atoms. The van der Waals surface area contributed by atoms with Crippen molar-refractivity contribution in [3.05, 3.63) is 153 Å². The van der Waals surface area contributed by atoms with Gasteiger partial charge in [0.1, 0.15) is 23.0 Å². The summed E-state index contributed by atoms with van der Waals surface area (Å²) in [5.74, 6) is -0.652. The second-order valence-electron chi connectivity index (χ2n) is 18.6. The van der Waals surface area contributed by atoms with Gasteiger partial charge in [-0.3, -0.25) is 0 Å². The van der Waals surface area contributed by atoms with Gasteiger partial charge in [-0.2, -0.15) is 0 Å². The fourth-order valence-electron chi connectivity index (χ4n) is 7.06. The Kier molecular flexibility index (Phi) is 10.1. The van der Waals surface area contributed by atoms with E-state index < -0.39 is 11.8 Å². The van der Waals surface area contributed by atoms with Crippen LogP contribution < -0.4 is 0 Å². The molecule has 52 heavy (non-hydrogen) atoms. The SMILES string of the molecule is CC(C)(C)c1ccc(C(c2ccc(C(C)(C)C)cc2O)c2ccccc2C(c2ccc(C(C)(C)C)cc2O)c2cc(C(C)(C)C)ccc2O)c(O)c1. The minimum atomic E-state index is -0.595. The highest BCUT2D eigenvalue weighted by atomic mass is 16.3. The minimum absolute atomic E-state index is 0.124. The molecule has 1 atom stereocenters. The molecule has 274 valence electrons. The van der Waals surface area contributed by atoms with Gasteiger partial charge in [-0.15, -0.1) is 0 Å². The van der Waals surface area contributed by atoms with E-state index in [1.807, 2.05) is 72.8 Å². The number of benzene rings is 5. The maximum Gasteiger partial charge on any atom is 0.120 e. The first kappa shape index (κ1) is 38.5. The highest BCUT2D eigenvalue weighted by Crippen LogP contribution is 2.49. The van der Waals surface area contributed by atoms with E-state index in [0.717, 1.165) is 33.4 Å². The number of rotatable bonds is 6. The van der Waals surface area contributed by atoms with E-state index in [4.69, 9.17) is 0 Å². The predicted octanol–water partition coefficient (Wildman–Crippen LogP) is 12.1. The van der Waals surface area contributed by atoms with E-state index in [0.29, 0.717) is 22.3 Å². The van der Waals surface area contributed by atoms with E-state index in [1.165, 1.54) is 0 Å². The molecule has 0 saturated carbocycles. The van der Waals surface area contributed by atoms with Crippen molar-refractivity contribution < 1.29 is 20.4 Å². The Morgan fingerprint density at radius 2 is 0.596 bits per heavy atom. The van der Waals surface area contributed by atoms with Crippen LogP contribution in [-0.4, -0.2) is 20.4 Å². The van der Waals surface area contributed by atoms with Crippen LogP contribution in [0.25, 0.3) is 0 Å². The third kappa shape index (κ3) is 7.87. The van der Waals surface area contributed by atoms with Crippen LogP contribution in [-0.2, 0) is 21.7 Å². The van der Waals surface area contributed by atoms with E-state index in [2.05, 4.69) is 101 Å². The van der Waals surface area contributed by atoms with Gasteiger partial charge in [-0.1, -0.05) is 156 Å². The normalized spacial score (nSPS) is 13.4. The van der Waals surface area contributed by atoms with Crippen molar-refractivity contribution in [3.63, 3.8) is 0 Å². The summed E-state index contributed by atoms with van der Waals surface area (Å²) in [6.45, 7) is 25.5. The highest BCUT2D eigenvalue weighted by Gasteiger charge is 2.33. The van der Waals surface area contributed by atoms with Crippen molar-refractivity contribution >= 4 is 0 Å². The molecular weight excluding hydrogens is 641 g/mol. The van der Waals surface area contributed by atoms with E-state index >= 15 is 0 Å². The number of phenolic OH excluding ortho intramolecular Hbond substituents is 4. The smallest absolute Gasteiger partial charge is 0.120 e. The van der Waals surface area contributed by atoms with Crippen molar-refractivity contribution in [3.8, 4) is 23.0 Å². The van der Waals surface area contributed by atoms with Crippen LogP contribution >= 0.6 is 0 Å². The zero-order valence-corrected chi connectivity index (χ0v) is 33.2. The molecule has 0 saturated heterocycles. The molecule has 0 fully saturated rings. The van der Waals surface area contributed by atoms with Gasteiger partial charge < -0.3 is 20.4 Å². The molecule has 0 aromatic heterocycles. The zero-order chi connectivity index (χ0) is 38.6. The van der Waals surface area contributed by atoms with Crippen LogP contribution in [0.4, 0.5) is 0 Å². The van der Waals surface area contributed by atoms with Gasteiger partial charge in [-0.25, -0.2) is 0 Å². The van der Waals surface area contributed by atoms with E-state index in [9.17, 15) is 20.4 Å². The summed E-state index contributed by atoms with van der Waals surface area (Å²) in [5, 5.41) is 47.2. The summed E-state index contributed by atoms with van der Waals surface area (Å²) >= 11 is 0. The molecule has 4 N–H and O–H groups in total. The number of hydrogen-bond donors (Lipinski definition) is 4. The summed E-state index contributed by atoms with van der Waals surface area (Å²) in [5.41, 5.74) is 7.59. The third-order valence-electron chi connectivity index (χ3n) is 10.4. The molecule has 0 aliphatic heterocycles. The Labute approximate surface area is 311 Å². The van der Waals surface area contributed by atoms with E-state index in [1.54, 1.807) is 6.07 Å². The summed E-state index contributed by atoms with van der Waals surface area (Å²) in [6.07, 6.45) is 0. The Morgan fingerprint density at radius 3 is 0.904 bits per heavy atom. The molecule has 0 amide bonds. The highest BCUT2D eigenvalue weighted by molar-refractivity contribution is 5.62. The van der Waals surface area contributed by atoms with Gasteiger partial charge in [0.15, 0.2) is 0 Å². The summed E-state index contributed by atoms with van der Waals surface area (Å²) < 4.78 is 0. The monoisotopic (exact) mass is 698 g/mol. The quantitative estimate of drug-likeness (QED) is 0.133. The maximum atomic E-state index is 11.9. The van der Waals surface area contributed by atoms with Crippen molar-refractivity contribution in [2.75, 3.05) is 0 Å². The van der Waals surface area contributed by atoms with Crippen LogP contribution in [0.1, 0.15) is 151 Å². The lowest BCUT2D eigenvalue weighted by Crippen LogP contribution is -2.16. The molecular formula is C48H58O4. The molecule has 0 aliphatic rings. The number of phenols is 4. The van der Waals surface area contributed by atoms with E-state index in [-0.39, 0.29) is 44.7 Å². The second kappa shape index (κ2) is 13.7. The summed E-state index contributed by atoms with van der Waals surface area (Å²) in [6, 6.07) is 31.3. The van der Waals surface area contributed by atoms with Crippen LogP contribution in [0.3, 0.4) is 0 Å². The van der Waals surface area contributed by atoms with Gasteiger partial charge in [0.05, 0.1) is 0 Å². The molecule has 0 radical (unpaired) electrons. The first-order valence-corrected chi connectivity index (χ1v) is 18.4. The minimum Gasteiger partial charge on any atom is -0.508 e. The van der Waals surface area contributed by atoms with Crippen molar-refractivity contribution in [1.29, 1.82) is 0 Å². The fraction of sp³-hybridized carbons (Fsp3) is 0.375. The van der Waals surface area contributed by atoms with Crippen molar-refractivity contribution in [2.45, 2.75) is 117 Å². The molecule has 1 unspecified atom stereocenters. The lowest BCUT2D eigenvalue weighted by atomic mass is 9.73. The Hall–Kier alpha value is -4.70. The number of aromatic hydroxyl groups is 4. The maximum absolute atomic E-state index is 11.9. The fourth-order valence-corrected chi connectivity index (χ4v) is 7.06. The van der Waals surface area contributed by atoms with Crippen molar-refractivity contribution in [1.82, 2.24) is 0 Å². The van der Waals surface area contributed by atoms with Gasteiger partial charge in [-0.05, 0) is 79.3 Å². The molecule has 5 rings (SSSR count). The van der Waals surface area contributed by atoms with Crippen LogP contribution in [0.2, 0.25) is 0 Å². The summed E-state index contributed by atoms with van der Waals surface area (Å²) in [7, 11) is 0. The Balaban J connectivity index is 1.88. The first-order chi connectivity index (χ1) is 24.0. The molecule has 4 nitrogen and oxygen atoms in total. The molecule has 0 heterocycles. The molecule has 0 aliphatic carbocycles. The van der Waals surface area contributed by atoms with Gasteiger partial charge >= 0.3 is 0 Å². The summed E-state index contributed by atoms with van der Waals surface area (Å²) in [4.78, 5) is 0. The van der Waals surface area contributed by atoms with Crippen LogP contribution in [0.5, 0.6) is 23.0 Å². The predicted molar refractivity (Wildman–Crippen MR) is 216 cm³/mol. The standard InChI is InChI=1S/C48H58O4/c1-45(2,3)29-20-24-39(49)38(25-29)44(37-23-19-32(28-42(37)52)48(10,11)12)34-16-14-13-15-33(34)43(35-21-17-30(26-40(35)50)46(4,5)6)36-22-18-31(27-41(36)51)47(7,8)9/h13-28,43-44,49-52H,1-12H3. The molecule has 5 aromatic carbocycles. The zero-order valence-electron chi connectivity index (χ0n) is 33.2. The lowest BCUT2D eigenvalue weighted by Gasteiger charge is -2.31. The average molecular weight is 699 g/mol. The van der Waals surface area contributed by atoms with Crippen LogP contribution in [0.15, 0.2) is 97.1 Å². The Morgan fingerprint density at radius 1 is 0.308 bits per heavy atom. The van der Waals surface area contributed by atoms with Gasteiger partial charge in [0.2, 0.25) is 0 Å². The average Bonchev–Trinajstić information content (AvgIpc) is 3.02. The Bertz CT molecular complexity index is 2010. The van der Waals surface area contributed by atoms with Crippen molar-refractivity contribution in [2.24, 2.45) is 0 Å². The van der Waals surface area contributed by atoms with Gasteiger partial charge in [0, 0.05) is 34.1 Å². The third-order valence-corrected chi connectivity index (χ3v) is 10.4.